The second kappa shape index (κ2) is 23.6. The standard InChI is InChI=1S/C38H64N4O2/c1-5-7-9-11-17-21-29-41-31-23-35(24-32-41)37(43)39(3)27-19-15-13-14-16-20-28-40(4)38(44)36-25-33-42(34-26-36)30-22-18-12-10-8-6-2/h23-26,31-34H,5-22,27-30H2,1-4H3/q+2. The highest BCUT2D eigenvalue weighted by Gasteiger charge is 2.14. The Balaban J connectivity index is 1.52. The summed E-state index contributed by atoms with van der Waals surface area (Å²) in [5.74, 6) is 0.214. The van der Waals surface area contributed by atoms with E-state index in [1.54, 1.807) is 0 Å². The molecule has 2 rings (SSSR count). The lowest BCUT2D eigenvalue weighted by atomic mass is 10.1. The first kappa shape index (κ1) is 37.4. The Kier molecular flexibility index (Phi) is 20.1. The number of pyridine rings is 2. The van der Waals surface area contributed by atoms with Crippen molar-refractivity contribution in [1.82, 2.24) is 9.80 Å². The highest BCUT2D eigenvalue weighted by molar-refractivity contribution is 5.94. The van der Waals surface area contributed by atoms with Crippen LogP contribution in [0.3, 0.4) is 0 Å². The number of carbonyl (C=O) groups excluding carboxylic acids is 2. The minimum absolute atomic E-state index is 0.107. The number of hydrogen-bond acceptors (Lipinski definition) is 2. The molecule has 6 heteroatoms. The molecule has 44 heavy (non-hydrogen) atoms. The van der Waals surface area contributed by atoms with Gasteiger partial charge in [0, 0.05) is 64.3 Å². The van der Waals surface area contributed by atoms with Gasteiger partial charge in [-0.3, -0.25) is 9.59 Å². The van der Waals surface area contributed by atoms with Crippen LogP contribution >= 0.6 is 0 Å². The van der Waals surface area contributed by atoms with Crippen LogP contribution in [-0.2, 0) is 13.1 Å². The fourth-order valence-electron chi connectivity index (χ4n) is 5.70. The number of rotatable bonds is 25. The predicted octanol–water partition coefficient (Wildman–Crippen LogP) is 8.17. The molecule has 0 spiro atoms. The van der Waals surface area contributed by atoms with E-state index in [2.05, 4.69) is 23.0 Å². The summed E-state index contributed by atoms with van der Waals surface area (Å²) in [4.78, 5) is 29.4. The van der Waals surface area contributed by atoms with E-state index in [1.807, 2.05) is 72.9 Å². The molecule has 0 radical (unpaired) electrons. The van der Waals surface area contributed by atoms with Crippen molar-refractivity contribution in [3.05, 3.63) is 60.2 Å². The highest BCUT2D eigenvalue weighted by Crippen LogP contribution is 2.10. The van der Waals surface area contributed by atoms with Crippen molar-refractivity contribution in [2.45, 2.75) is 143 Å². The summed E-state index contributed by atoms with van der Waals surface area (Å²) < 4.78 is 4.39. The van der Waals surface area contributed by atoms with Gasteiger partial charge in [0.1, 0.15) is 13.1 Å². The Morgan fingerprint density at radius 3 is 1.11 bits per heavy atom. The van der Waals surface area contributed by atoms with E-state index < -0.39 is 0 Å². The Morgan fingerprint density at radius 2 is 0.773 bits per heavy atom. The first-order valence-electron chi connectivity index (χ1n) is 17.9. The van der Waals surface area contributed by atoms with Gasteiger partial charge in [-0.1, -0.05) is 90.9 Å². The van der Waals surface area contributed by atoms with Gasteiger partial charge in [-0.2, -0.15) is 0 Å². The number of nitrogens with zero attached hydrogens (tertiary/aromatic N) is 4. The van der Waals surface area contributed by atoms with Crippen LogP contribution in [0.15, 0.2) is 49.1 Å². The topological polar surface area (TPSA) is 48.4 Å². The zero-order chi connectivity index (χ0) is 31.8. The zero-order valence-corrected chi connectivity index (χ0v) is 28.8. The fourth-order valence-corrected chi connectivity index (χ4v) is 5.70. The maximum atomic E-state index is 12.8. The number of amides is 2. The lowest BCUT2D eigenvalue weighted by Gasteiger charge is -2.17. The molecule has 2 aromatic heterocycles. The van der Waals surface area contributed by atoms with Crippen molar-refractivity contribution in [2.75, 3.05) is 27.2 Å². The van der Waals surface area contributed by atoms with Crippen LogP contribution in [0.25, 0.3) is 0 Å². The van der Waals surface area contributed by atoms with Crippen molar-refractivity contribution in [3.8, 4) is 0 Å². The van der Waals surface area contributed by atoms with E-state index in [-0.39, 0.29) is 11.8 Å². The second-order valence-electron chi connectivity index (χ2n) is 12.8. The maximum absolute atomic E-state index is 12.8. The summed E-state index contributed by atoms with van der Waals surface area (Å²) in [5.41, 5.74) is 1.54. The van der Waals surface area contributed by atoms with Crippen molar-refractivity contribution in [3.63, 3.8) is 0 Å². The molecule has 6 nitrogen and oxygen atoms in total. The van der Waals surface area contributed by atoms with Crippen LogP contribution in [0.5, 0.6) is 0 Å². The molecule has 2 aromatic rings. The van der Waals surface area contributed by atoms with Gasteiger partial charge in [0.25, 0.3) is 11.8 Å². The van der Waals surface area contributed by atoms with Gasteiger partial charge in [-0.15, -0.1) is 0 Å². The van der Waals surface area contributed by atoms with E-state index in [0.717, 1.165) is 63.0 Å². The lowest BCUT2D eigenvalue weighted by Crippen LogP contribution is -2.34. The molecule has 246 valence electrons. The maximum Gasteiger partial charge on any atom is 0.254 e. The molecule has 0 atom stereocenters. The zero-order valence-electron chi connectivity index (χ0n) is 28.8. The van der Waals surface area contributed by atoms with Gasteiger partial charge >= 0.3 is 0 Å². The van der Waals surface area contributed by atoms with Crippen LogP contribution < -0.4 is 9.13 Å². The van der Waals surface area contributed by atoms with Crippen LogP contribution in [-0.4, -0.2) is 48.8 Å². The highest BCUT2D eigenvalue weighted by atomic mass is 16.2. The number of hydrogen-bond donors (Lipinski definition) is 0. The Hall–Kier alpha value is -2.76. The van der Waals surface area contributed by atoms with Crippen molar-refractivity contribution in [1.29, 1.82) is 0 Å². The van der Waals surface area contributed by atoms with E-state index in [9.17, 15) is 9.59 Å². The van der Waals surface area contributed by atoms with Crippen LogP contribution in [0.1, 0.15) is 150 Å². The molecule has 0 N–H and O–H groups in total. The molecule has 0 aliphatic rings. The average Bonchev–Trinajstić information content (AvgIpc) is 3.05. The van der Waals surface area contributed by atoms with Gasteiger partial charge < -0.3 is 9.80 Å². The van der Waals surface area contributed by atoms with E-state index in [4.69, 9.17) is 0 Å². The Bertz CT molecular complexity index is 939. The molecular weight excluding hydrogens is 544 g/mol. The molecule has 2 heterocycles. The van der Waals surface area contributed by atoms with Gasteiger partial charge in [0.05, 0.1) is 11.1 Å². The molecule has 0 aliphatic heterocycles. The minimum Gasteiger partial charge on any atom is -0.342 e. The lowest BCUT2D eigenvalue weighted by molar-refractivity contribution is -0.697. The van der Waals surface area contributed by atoms with Crippen molar-refractivity contribution in [2.24, 2.45) is 0 Å². The summed E-state index contributed by atoms with van der Waals surface area (Å²) in [5, 5.41) is 0. The Morgan fingerprint density at radius 1 is 0.477 bits per heavy atom. The number of unbranched alkanes of at least 4 members (excludes halogenated alkanes) is 15. The normalized spacial score (nSPS) is 11.1. The smallest absolute Gasteiger partial charge is 0.254 e. The largest absolute Gasteiger partial charge is 0.342 e. The van der Waals surface area contributed by atoms with E-state index in [0.29, 0.717) is 0 Å². The van der Waals surface area contributed by atoms with Crippen LogP contribution in [0, 0.1) is 0 Å². The quantitative estimate of drug-likeness (QED) is 0.0843. The molecule has 2 amide bonds. The third-order valence-electron chi connectivity index (χ3n) is 8.75. The number of carbonyl (C=O) groups is 2. The molecule has 0 aromatic carbocycles. The van der Waals surface area contributed by atoms with Crippen LogP contribution in [0.2, 0.25) is 0 Å². The average molecular weight is 609 g/mol. The van der Waals surface area contributed by atoms with Gasteiger partial charge in [-0.25, -0.2) is 9.13 Å². The molecule has 0 bridgehead atoms. The predicted molar refractivity (Wildman–Crippen MR) is 182 cm³/mol. The van der Waals surface area contributed by atoms with Gasteiger partial charge in [-0.05, 0) is 25.7 Å². The van der Waals surface area contributed by atoms with E-state index >= 15 is 0 Å². The first-order chi connectivity index (χ1) is 21.5. The fraction of sp³-hybridized carbons (Fsp3) is 0.684. The summed E-state index contributed by atoms with van der Waals surface area (Å²) in [6.07, 6.45) is 30.4. The molecule has 0 fully saturated rings. The molecule has 0 saturated carbocycles. The summed E-state index contributed by atoms with van der Waals surface area (Å²) in [7, 11) is 3.82. The monoisotopic (exact) mass is 609 g/mol. The van der Waals surface area contributed by atoms with Crippen molar-refractivity contribution < 1.29 is 18.7 Å². The molecule has 0 unspecified atom stereocenters. The first-order valence-corrected chi connectivity index (χ1v) is 17.9. The third-order valence-corrected chi connectivity index (χ3v) is 8.75. The second-order valence-corrected chi connectivity index (χ2v) is 12.8. The van der Waals surface area contributed by atoms with Crippen molar-refractivity contribution >= 4 is 11.8 Å². The molecular formula is C38H64N4O2+2. The Labute approximate surface area is 269 Å². The number of aryl methyl sites for hydroxylation is 2. The minimum atomic E-state index is 0.107. The summed E-state index contributed by atoms with van der Waals surface area (Å²) in [6, 6.07) is 7.85. The van der Waals surface area contributed by atoms with E-state index in [1.165, 1.54) is 89.9 Å². The SMILES string of the molecule is CCCCCCCC[n+]1ccc(C(=O)N(C)CCCCCCCCN(C)C(=O)c2cc[n+](CCCCCCCC)cc2)cc1. The molecule has 0 aliphatic carbocycles. The summed E-state index contributed by atoms with van der Waals surface area (Å²) in [6.45, 7) is 8.13. The summed E-state index contributed by atoms with van der Waals surface area (Å²) >= 11 is 0. The molecule has 0 saturated heterocycles. The van der Waals surface area contributed by atoms with Gasteiger partial charge in [0.15, 0.2) is 24.8 Å². The third kappa shape index (κ3) is 15.8. The van der Waals surface area contributed by atoms with Crippen LogP contribution in [0.4, 0.5) is 0 Å². The van der Waals surface area contributed by atoms with Gasteiger partial charge in [0.2, 0.25) is 0 Å². The number of aromatic nitrogens is 2.